The first kappa shape index (κ1) is 21.7. The number of guanidine groups is 1. The summed E-state index contributed by atoms with van der Waals surface area (Å²) in [4.78, 5) is 7.26. The van der Waals surface area contributed by atoms with E-state index in [1.54, 1.807) is 19.2 Å². The molecule has 0 aromatic heterocycles. The van der Waals surface area contributed by atoms with Gasteiger partial charge in [0.05, 0.1) is 4.90 Å². The van der Waals surface area contributed by atoms with Crippen molar-refractivity contribution in [1.29, 1.82) is 0 Å². The summed E-state index contributed by atoms with van der Waals surface area (Å²) in [7, 11) is -1.35. The lowest BCUT2D eigenvalue weighted by atomic mass is 10.0. The maximum Gasteiger partial charge on any atom is 0.191 e. The van der Waals surface area contributed by atoms with Crippen LogP contribution < -0.4 is 10.6 Å². The Kier molecular flexibility index (Phi) is 8.10. The number of nitrogens with zero attached hydrogens (tertiary/aromatic N) is 2. The third kappa shape index (κ3) is 6.81. The fourth-order valence-corrected chi connectivity index (χ4v) is 4.14. The molecule has 1 atom stereocenters. The van der Waals surface area contributed by atoms with Gasteiger partial charge in [0, 0.05) is 32.4 Å². The van der Waals surface area contributed by atoms with Gasteiger partial charge in [-0.1, -0.05) is 26.0 Å². The molecule has 0 aliphatic carbocycles. The molecule has 1 saturated heterocycles. The van der Waals surface area contributed by atoms with E-state index in [2.05, 4.69) is 34.4 Å². The molecule has 1 fully saturated rings. The van der Waals surface area contributed by atoms with Crippen molar-refractivity contribution in [2.45, 2.75) is 44.0 Å². The van der Waals surface area contributed by atoms with E-state index >= 15 is 0 Å². The lowest BCUT2D eigenvalue weighted by molar-refractivity contribution is 0.192. The van der Waals surface area contributed by atoms with Crippen LogP contribution in [0.5, 0.6) is 0 Å². The highest BCUT2D eigenvalue weighted by Crippen LogP contribution is 2.17. The van der Waals surface area contributed by atoms with Gasteiger partial charge in [0.2, 0.25) is 0 Å². The summed E-state index contributed by atoms with van der Waals surface area (Å²) in [5, 5.41) is 6.81. The van der Waals surface area contributed by atoms with Gasteiger partial charge in [0.1, 0.15) is 0 Å². The highest BCUT2D eigenvalue weighted by atomic mass is 32.2. The second-order valence-corrected chi connectivity index (χ2v) is 9.62. The predicted molar refractivity (Wildman–Crippen MR) is 112 cm³/mol. The van der Waals surface area contributed by atoms with E-state index in [0.29, 0.717) is 16.9 Å². The van der Waals surface area contributed by atoms with Crippen molar-refractivity contribution in [3.05, 3.63) is 29.8 Å². The molecule has 2 N–H and O–H groups in total. The average molecular weight is 395 g/mol. The van der Waals surface area contributed by atoms with Crippen LogP contribution in [0, 0.1) is 5.92 Å². The smallest absolute Gasteiger partial charge is 0.191 e. The molecule has 1 aliphatic heterocycles. The zero-order valence-electron chi connectivity index (χ0n) is 17.0. The number of likely N-dealkylation sites (tertiary alicyclic amines) is 1. The van der Waals surface area contributed by atoms with Crippen molar-refractivity contribution >= 4 is 15.8 Å². The topological polar surface area (TPSA) is 73.8 Å². The van der Waals surface area contributed by atoms with Crippen molar-refractivity contribution in [3.63, 3.8) is 0 Å². The number of sulfone groups is 1. The van der Waals surface area contributed by atoms with E-state index < -0.39 is 9.84 Å². The van der Waals surface area contributed by atoms with Crippen LogP contribution in [0.25, 0.3) is 0 Å². The molecule has 27 heavy (non-hydrogen) atoms. The molecule has 0 spiro atoms. The van der Waals surface area contributed by atoms with Crippen LogP contribution in [-0.4, -0.2) is 64.8 Å². The quantitative estimate of drug-likeness (QED) is 0.521. The largest absolute Gasteiger partial charge is 0.356 e. The van der Waals surface area contributed by atoms with Gasteiger partial charge in [0.15, 0.2) is 15.8 Å². The Hall–Kier alpha value is -1.60. The van der Waals surface area contributed by atoms with Crippen LogP contribution in [-0.2, 0) is 16.3 Å². The summed E-state index contributed by atoms with van der Waals surface area (Å²) >= 11 is 0. The second-order valence-electron chi connectivity index (χ2n) is 7.60. The normalized spacial score (nSPS) is 17.3. The maximum atomic E-state index is 11.5. The molecular weight excluding hydrogens is 360 g/mol. The van der Waals surface area contributed by atoms with Crippen LogP contribution in [0.1, 0.15) is 32.3 Å². The number of rotatable bonds is 8. The molecule has 6 nitrogen and oxygen atoms in total. The number of aliphatic imine (C=N–C) groups is 1. The predicted octanol–water partition coefficient (Wildman–Crippen LogP) is 1.92. The lowest BCUT2D eigenvalue weighted by Gasteiger charge is -2.31. The highest BCUT2D eigenvalue weighted by molar-refractivity contribution is 7.90. The Balaban J connectivity index is 1.79. The molecule has 0 radical (unpaired) electrons. The summed E-state index contributed by atoms with van der Waals surface area (Å²) in [6.07, 6.45) is 4.64. The fourth-order valence-electron chi connectivity index (χ4n) is 3.51. The van der Waals surface area contributed by atoms with Gasteiger partial charge >= 0.3 is 0 Å². The minimum Gasteiger partial charge on any atom is -0.356 e. The molecule has 0 amide bonds. The molecule has 1 aromatic rings. The van der Waals surface area contributed by atoms with Gasteiger partial charge < -0.3 is 10.6 Å². The van der Waals surface area contributed by atoms with Crippen LogP contribution in [0.15, 0.2) is 34.2 Å². The summed E-state index contributed by atoms with van der Waals surface area (Å²) in [6, 6.07) is 7.60. The third-order valence-electron chi connectivity index (χ3n) is 5.14. The Bertz CT molecular complexity index is 708. The fraction of sp³-hybridized carbons (Fsp3) is 0.650. The minimum absolute atomic E-state index is 0.360. The van der Waals surface area contributed by atoms with Gasteiger partial charge in [-0.3, -0.25) is 9.89 Å². The Morgan fingerprint density at radius 1 is 1.15 bits per heavy atom. The maximum absolute atomic E-state index is 11.5. The summed E-state index contributed by atoms with van der Waals surface area (Å²) in [5.41, 5.74) is 1.10. The molecular formula is C20H34N4O2S. The first-order valence-corrected chi connectivity index (χ1v) is 11.7. The van der Waals surface area contributed by atoms with E-state index in [4.69, 9.17) is 0 Å². The SMILES string of the molecule is CN=C(NCCc1ccc(S(C)(=O)=O)cc1)NCC(C(C)C)N1CCCC1. The van der Waals surface area contributed by atoms with E-state index in [-0.39, 0.29) is 0 Å². The van der Waals surface area contributed by atoms with Gasteiger partial charge in [0.25, 0.3) is 0 Å². The Labute approximate surface area is 164 Å². The summed E-state index contributed by atoms with van der Waals surface area (Å²) in [5.74, 6) is 1.41. The number of hydrogen-bond donors (Lipinski definition) is 2. The molecule has 1 heterocycles. The minimum atomic E-state index is -3.14. The van der Waals surface area contributed by atoms with E-state index in [1.165, 1.54) is 32.2 Å². The lowest BCUT2D eigenvalue weighted by Crippen LogP contribution is -2.48. The summed E-state index contributed by atoms with van der Waals surface area (Å²) in [6.45, 7) is 8.58. The zero-order chi connectivity index (χ0) is 19.9. The standard InChI is InChI=1S/C20H34N4O2S/c1-16(2)19(24-13-5-6-14-24)15-23-20(21-3)22-12-11-17-7-9-18(10-8-17)27(4,25)26/h7-10,16,19H,5-6,11-15H2,1-4H3,(H2,21,22,23). The molecule has 1 aliphatic rings. The molecule has 0 saturated carbocycles. The van der Waals surface area contributed by atoms with Crippen molar-refractivity contribution in [1.82, 2.24) is 15.5 Å². The highest BCUT2D eigenvalue weighted by Gasteiger charge is 2.24. The Morgan fingerprint density at radius 2 is 1.78 bits per heavy atom. The van der Waals surface area contributed by atoms with Gasteiger partial charge in [-0.15, -0.1) is 0 Å². The van der Waals surface area contributed by atoms with Crippen LogP contribution >= 0.6 is 0 Å². The van der Waals surface area contributed by atoms with Gasteiger partial charge in [-0.2, -0.15) is 0 Å². The number of hydrogen-bond acceptors (Lipinski definition) is 4. The van der Waals surface area contributed by atoms with Gasteiger partial charge in [-0.05, 0) is 56.0 Å². The third-order valence-corrected chi connectivity index (χ3v) is 6.27. The first-order valence-electron chi connectivity index (χ1n) is 9.79. The van der Waals surface area contributed by atoms with Gasteiger partial charge in [-0.25, -0.2) is 8.42 Å². The van der Waals surface area contributed by atoms with E-state index in [9.17, 15) is 8.42 Å². The van der Waals surface area contributed by atoms with Crippen molar-refractivity contribution in [2.75, 3.05) is 39.5 Å². The molecule has 0 bridgehead atoms. The number of benzene rings is 1. The molecule has 7 heteroatoms. The molecule has 1 aromatic carbocycles. The van der Waals surface area contributed by atoms with E-state index in [1.807, 2.05) is 12.1 Å². The van der Waals surface area contributed by atoms with Crippen molar-refractivity contribution < 1.29 is 8.42 Å². The zero-order valence-corrected chi connectivity index (χ0v) is 17.8. The van der Waals surface area contributed by atoms with Crippen LogP contribution in [0.2, 0.25) is 0 Å². The monoisotopic (exact) mass is 394 g/mol. The average Bonchev–Trinajstić information content (AvgIpc) is 3.14. The van der Waals surface area contributed by atoms with Crippen molar-refractivity contribution in [3.8, 4) is 0 Å². The van der Waals surface area contributed by atoms with Crippen LogP contribution in [0.4, 0.5) is 0 Å². The first-order chi connectivity index (χ1) is 12.8. The molecule has 1 unspecified atom stereocenters. The van der Waals surface area contributed by atoms with E-state index in [0.717, 1.165) is 31.0 Å². The molecule has 152 valence electrons. The summed E-state index contributed by atoms with van der Waals surface area (Å²) < 4.78 is 23.0. The van der Waals surface area contributed by atoms with Crippen molar-refractivity contribution in [2.24, 2.45) is 10.9 Å². The van der Waals surface area contributed by atoms with Crippen LogP contribution in [0.3, 0.4) is 0 Å². The second kappa shape index (κ2) is 10.1. The molecule has 2 rings (SSSR count). The number of nitrogens with one attached hydrogen (secondary N) is 2. The Morgan fingerprint density at radius 3 is 2.30 bits per heavy atom.